The lowest BCUT2D eigenvalue weighted by Gasteiger charge is -2.33. The van der Waals surface area contributed by atoms with Crippen molar-refractivity contribution < 1.29 is 18.7 Å². The van der Waals surface area contributed by atoms with E-state index in [2.05, 4.69) is 5.32 Å². The fourth-order valence-electron chi connectivity index (χ4n) is 2.94. The maximum Gasteiger partial charge on any atom is 0.261 e. The molecule has 7 heteroatoms. The number of carbonyl (C=O) groups excluding carboxylic acids is 2. The average molecular weight is 435 g/mol. The predicted molar refractivity (Wildman–Crippen MR) is 116 cm³/mol. The molecule has 5 nitrogen and oxygen atoms in total. The van der Waals surface area contributed by atoms with E-state index in [1.54, 1.807) is 12.1 Å². The Balaban J connectivity index is 2.24. The molecule has 0 spiro atoms. The number of benzene rings is 2. The third kappa shape index (κ3) is 7.02. The van der Waals surface area contributed by atoms with E-state index in [-0.39, 0.29) is 30.8 Å². The van der Waals surface area contributed by atoms with Crippen LogP contribution in [0.15, 0.2) is 48.5 Å². The highest BCUT2D eigenvalue weighted by Gasteiger charge is 2.31. The summed E-state index contributed by atoms with van der Waals surface area (Å²) in [5.41, 5.74) is 0.296. The number of nitrogens with one attached hydrogen (secondary N) is 1. The van der Waals surface area contributed by atoms with E-state index in [1.165, 1.54) is 29.2 Å². The number of hydrogen-bond donors (Lipinski definition) is 1. The van der Waals surface area contributed by atoms with Crippen LogP contribution in [0.4, 0.5) is 4.39 Å². The van der Waals surface area contributed by atoms with Gasteiger partial charge in [0.05, 0.1) is 0 Å². The molecule has 0 heterocycles. The van der Waals surface area contributed by atoms with Crippen LogP contribution in [0, 0.1) is 5.82 Å². The predicted octanol–water partition coefficient (Wildman–Crippen LogP) is 4.58. The van der Waals surface area contributed by atoms with Crippen molar-refractivity contribution in [1.29, 1.82) is 0 Å². The van der Waals surface area contributed by atoms with Crippen molar-refractivity contribution in [3.63, 3.8) is 0 Å². The summed E-state index contributed by atoms with van der Waals surface area (Å²) in [6.07, 6.45) is 0.425. The lowest BCUT2D eigenvalue weighted by molar-refractivity contribution is -0.143. The third-order valence-corrected chi connectivity index (χ3v) is 4.73. The van der Waals surface area contributed by atoms with Gasteiger partial charge in [-0.2, -0.15) is 0 Å². The molecule has 2 aromatic carbocycles. The van der Waals surface area contributed by atoms with Crippen LogP contribution in [0.25, 0.3) is 0 Å². The Hall–Kier alpha value is -2.60. The minimum absolute atomic E-state index is 0.168. The minimum atomic E-state index is -0.690. The van der Waals surface area contributed by atoms with E-state index in [0.717, 1.165) is 5.56 Å². The standard InChI is InChI=1S/C23H28ClFN2O3/c1-5-20(22(29)26-23(2,3)4)27(14-16-8-6-7-9-19(16)24)21(28)15-30-18-12-10-17(25)11-13-18/h6-13,20H,5,14-15H2,1-4H3,(H,26,29). The molecule has 0 saturated carbocycles. The number of ether oxygens (including phenoxy) is 1. The van der Waals surface area contributed by atoms with Crippen molar-refractivity contribution in [3.05, 3.63) is 64.9 Å². The summed E-state index contributed by atoms with van der Waals surface area (Å²) >= 11 is 6.29. The van der Waals surface area contributed by atoms with Gasteiger partial charge >= 0.3 is 0 Å². The van der Waals surface area contributed by atoms with E-state index in [9.17, 15) is 14.0 Å². The summed E-state index contributed by atoms with van der Waals surface area (Å²) in [7, 11) is 0. The Morgan fingerprint density at radius 1 is 1.13 bits per heavy atom. The molecule has 1 unspecified atom stereocenters. The van der Waals surface area contributed by atoms with E-state index < -0.39 is 11.6 Å². The van der Waals surface area contributed by atoms with Crippen molar-refractivity contribution in [3.8, 4) is 5.75 Å². The number of nitrogens with zero attached hydrogens (tertiary/aromatic N) is 1. The maximum absolute atomic E-state index is 13.1. The summed E-state index contributed by atoms with van der Waals surface area (Å²) in [4.78, 5) is 27.5. The first kappa shape index (κ1) is 23.7. The third-order valence-electron chi connectivity index (χ3n) is 4.36. The van der Waals surface area contributed by atoms with Crippen molar-refractivity contribution in [2.24, 2.45) is 0 Å². The van der Waals surface area contributed by atoms with Crippen LogP contribution in [0.5, 0.6) is 5.75 Å². The molecule has 162 valence electrons. The van der Waals surface area contributed by atoms with Crippen molar-refractivity contribution in [2.75, 3.05) is 6.61 Å². The highest BCUT2D eigenvalue weighted by atomic mass is 35.5. The Labute approximate surface area is 182 Å². The molecule has 0 fully saturated rings. The van der Waals surface area contributed by atoms with Crippen LogP contribution in [-0.4, -0.2) is 34.9 Å². The summed E-state index contributed by atoms with van der Waals surface area (Å²) in [5.74, 6) is -0.629. The van der Waals surface area contributed by atoms with Gasteiger partial charge in [-0.25, -0.2) is 4.39 Å². The van der Waals surface area contributed by atoms with Crippen molar-refractivity contribution in [1.82, 2.24) is 10.2 Å². The summed E-state index contributed by atoms with van der Waals surface area (Å²) in [6.45, 7) is 7.39. The first-order chi connectivity index (χ1) is 14.1. The van der Waals surface area contributed by atoms with Gasteiger partial charge in [-0.1, -0.05) is 36.7 Å². The monoisotopic (exact) mass is 434 g/mol. The zero-order valence-electron chi connectivity index (χ0n) is 17.7. The van der Waals surface area contributed by atoms with Crippen molar-refractivity contribution >= 4 is 23.4 Å². The Bertz CT molecular complexity index is 865. The molecule has 0 saturated heterocycles. The van der Waals surface area contributed by atoms with Gasteiger partial charge in [-0.3, -0.25) is 9.59 Å². The number of halogens is 2. The lowest BCUT2D eigenvalue weighted by Crippen LogP contribution is -2.54. The lowest BCUT2D eigenvalue weighted by atomic mass is 10.1. The molecule has 0 aliphatic carbocycles. The average Bonchev–Trinajstić information content (AvgIpc) is 2.67. The van der Waals surface area contributed by atoms with Crippen LogP contribution >= 0.6 is 11.6 Å². The summed E-state index contributed by atoms with van der Waals surface area (Å²) in [6, 6.07) is 11.9. The summed E-state index contributed by atoms with van der Waals surface area (Å²) < 4.78 is 18.6. The SMILES string of the molecule is CCC(C(=O)NC(C)(C)C)N(Cc1ccccc1Cl)C(=O)COc1ccc(F)cc1. The highest BCUT2D eigenvalue weighted by molar-refractivity contribution is 6.31. The smallest absolute Gasteiger partial charge is 0.261 e. The van der Waals surface area contributed by atoms with Gasteiger partial charge < -0.3 is 15.0 Å². The Morgan fingerprint density at radius 3 is 2.33 bits per heavy atom. The second kappa shape index (κ2) is 10.4. The molecule has 2 aromatic rings. The van der Waals surface area contributed by atoms with Crippen LogP contribution < -0.4 is 10.1 Å². The molecular weight excluding hydrogens is 407 g/mol. The molecule has 30 heavy (non-hydrogen) atoms. The van der Waals surface area contributed by atoms with Gasteiger partial charge in [0.25, 0.3) is 5.91 Å². The van der Waals surface area contributed by atoms with E-state index in [0.29, 0.717) is 17.2 Å². The first-order valence-electron chi connectivity index (χ1n) is 9.84. The molecule has 0 aliphatic rings. The molecule has 0 aromatic heterocycles. The normalized spacial score (nSPS) is 12.2. The quantitative estimate of drug-likeness (QED) is 0.661. The molecule has 2 rings (SSSR count). The van der Waals surface area contributed by atoms with Gasteiger partial charge in [0.15, 0.2) is 6.61 Å². The number of amides is 2. The summed E-state index contributed by atoms with van der Waals surface area (Å²) in [5, 5.41) is 3.45. The molecule has 0 radical (unpaired) electrons. The topological polar surface area (TPSA) is 58.6 Å². The Morgan fingerprint density at radius 2 is 1.77 bits per heavy atom. The van der Waals surface area contributed by atoms with Gasteiger partial charge in [0.2, 0.25) is 5.91 Å². The fraction of sp³-hybridized carbons (Fsp3) is 0.391. The van der Waals surface area contributed by atoms with Crippen LogP contribution in [0.3, 0.4) is 0 Å². The van der Waals surface area contributed by atoms with Crippen molar-refractivity contribution in [2.45, 2.75) is 52.2 Å². The largest absolute Gasteiger partial charge is 0.484 e. The van der Waals surface area contributed by atoms with E-state index >= 15 is 0 Å². The van der Waals surface area contributed by atoms with Crippen LogP contribution in [-0.2, 0) is 16.1 Å². The highest BCUT2D eigenvalue weighted by Crippen LogP contribution is 2.20. The number of hydrogen-bond acceptors (Lipinski definition) is 3. The van der Waals surface area contributed by atoms with Crippen LogP contribution in [0.2, 0.25) is 5.02 Å². The molecular formula is C23H28ClFN2O3. The molecule has 2 amide bonds. The first-order valence-corrected chi connectivity index (χ1v) is 10.2. The van der Waals surface area contributed by atoms with Crippen LogP contribution in [0.1, 0.15) is 39.7 Å². The van der Waals surface area contributed by atoms with Gasteiger partial charge in [0, 0.05) is 17.1 Å². The second-order valence-corrected chi connectivity index (χ2v) is 8.43. The van der Waals surface area contributed by atoms with Gasteiger partial charge in [0.1, 0.15) is 17.6 Å². The number of rotatable bonds is 8. The zero-order chi connectivity index (χ0) is 22.3. The molecule has 0 aliphatic heterocycles. The van der Waals surface area contributed by atoms with E-state index in [1.807, 2.05) is 39.8 Å². The fourth-order valence-corrected chi connectivity index (χ4v) is 3.14. The van der Waals surface area contributed by atoms with Gasteiger partial charge in [-0.05, 0) is 63.1 Å². The molecule has 1 N–H and O–H groups in total. The molecule has 1 atom stereocenters. The van der Waals surface area contributed by atoms with E-state index in [4.69, 9.17) is 16.3 Å². The zero-order valence-corrected chi connectivity index (χ0v) is 18.5. The molecule has 0 bridgehead atoms. The second-order valence-electron chi connectivity index (χ2n) is 8.02. The minimum Gasteiger partial charge on any atom is -0.484 e. The maximum atomic E-state index is 13.1. The Kier molecular flexibility index (Phi) is 8.24. The number of carbonyl (C=O) groups is 2. The van der Waals surface area contributed by atoms with Gasteiger partial charge in [-0.15, -0.1) is 0 Å².